The average molecular weight is 401 g/mol. The van der Waals surface area contributed by atoms with E-state index in [0.29, 0.717) is 11.3 Å². The molecule has 0 aliphatic rings. The monoisotopic (exact) mass is 401 g/mol. The highest BCUT2D eigenvalue weighted by atomic mass is 19.1. The molecular formula is C22H24FNO5. The number of carbonyl (C=O) groups is 3. The van der Waals surface area contributed by atoms with Crippen molar-refractivity contribution in [1.29, 1.82) is 0 Å². The number of Topliss-reactive ketones (excluding diaryl/α,β-unsaturated/α-hetero) is 1. The van der Waals surface area contributed by atoms with Crippen molar-refractivity contribution in [1.82, 2.24) is 5.32 Å². The highest BCUT2D eigenvalue weighted by Gasteiger charge is 2.29. The summed E-state index contributed by atoms with van der Waals surface area (Å²) < 4.78 is 23.4. The maximum atomic E-state index is 13.0. The van der Waals surface area contributed by atoms with Crippen molar-refractivity contribution < 1.29 is 28.2 Å². The van der Waals surface area contributed by atoms with Gasteiger partial charge in [0.05, 0.1) is 7.11 Å². The van der Waals surface area contributed by atoms with Crippen LogP contribution in [0, 0.1) is 11.7 Å². The second-order valence-corrected chi connectivity index (χ2v) is 6.87. The number of ether oxygens (including phenoxy) is 2. The maximum absolute atomic E-state index is 13.0. The summed E-state index contributed by atoms with van der Waals surface area (Å²) in [6, 6.07) is 10.5. The van der Waals surface area contributed by atoms with Crippen LogP contribution in [0.4, 0.5) is 4.39 Å². The quantitative estimate of drug-likeness (QED) is 0.542. The van der Waals surface area contributed by atoms with E-state index < -0.39 is 29.8 Å². The first-order valence-corrected chi connectivity index (χ1v) is 9.18. The van der Waals surface area contributed by atoms with Gasteiger partial charge in [-0.1, -0.05) is 13.8 Å². The van der Waals surface area contributed by atoms with Crippen LogP contribution in [0.5, 0.6) is 5.75 Å². The molecule has 1 N–H and O–H groups in total. The van der Waals surface area contributed by atoms with Crippen LogP contribution in [0.3, 0.4) is 0 Å². The van der Waals surface area contributed by atoms with Crippen molar-refractivity contribution in [2.45, 2.75) is 32.9 Å². The largest absolute Gasteiger partial charge is 0.497 e. The molecular weight excluding hydrogens is 377 g/mol. The van der Waals surface area contributed by atoms with E-state index in [-0.39, 0.29) is 17.3 Å². The van der Waals surface area contributed by atoms with E-state index in [1.165, 1.54) is 26.2 Å². The van der Waals surface area contributed by atoms with Gasteiger partial charge in [-0.3, -0.25) is 9.59 Å². The topological polar surface area (TPSA) is 81.7 Å². The van der Waals surface area contributed by atoms with Crippen LogP contribution < -0.4 is 10.1 Å². The summed E-state index contributed by atoms with van der Waals surface area (Å²) in [5.41, 5.74) is 0.592. The second-order valence-electron chi connectivity index (χ2n) is 6.87. The molecule has 0 heterocycles. The fourth-order valence-corrected chi connectivity index (χ4v) is 2.61. The van der Waals surface area contributed by atoms with Gasteiger partial charge in [-0.15, -0.1) is 0 Å². The molecule has 0 aliphatic heterocycles. The Labute approximate surface area is 169 Å². The van der Waals surface area contributed by atoms with Crippen LogP contribution in [0.1, 0.15) is 41.5 Å². The number of hydrogen-bond donors (Lipinski definition) is 1. The molecule has 2 atom stereocenters. The summed E-state index contributed by atoms with van der Waals surface area (Å²) in [6.07, 6.45) is -1.03. The highest BCUT2D eigenvalue weighted by molar-refractivity contribution is 6.01. The van der Waals surface area contributed by atoms with Gasteiger partial charge in [0.15, 0.2) is 6.10 Å². The highest BCUT2D eigenvalue weighted by Crippen LogP contribution is 2.15. The van der Waals surface area contributed by atoms with E-state index in [0.717, 1.165) is 12.1 Å². The van der Waals surface area contributed by atoms with Crippen LogP contribution >= 0.6 is 0 Å². The van der Waals surface area contributed by atoms with Gasteiger partial charge in [0, 0.05) is 11.1 Å². The Hall–Kier alpha value is -3.22. The molecule has 2 aromatic carbocycles. The van der Waals surface area contributed by atoms with Crippen LogP contribution in [-0.2, 0) is 9.53 Å². The minimum atomic E-state index is -1.03. The third-order valence-electron chi connectivity index (χ3n) is 4.35. The predicted molar refractivity (Wildman–Crippen MR) is 105 cm³/mol. The lowest BCUT2D eigenvalue weighted by Gasteiger charge is -2.23. The van der Waals surface area contributed by atoms with Crippen LogP contribution in [0.2, 0.25) is 0 Å². The molecule has 0 aliphatic carbocycles. The number of methoxy groups -OCH3 is 1. The molecule has 0 saturated heterocycles. The van der Waals surface area contributed by atoms with E-state index in [9.17, 15) is 18.8 Å². The lowest BCUT2D eigenvalue weighted by molar-refractivity contribution is -0.149. The van der Waals surface area contributed by atoms with Gasteiger partial charge in [-0.25, -0.2) is 9.18 Å². The zero-order chi connectivity index (χ0) is 21.6. The number of hydrogen-bond acceptors (Lipinski definition) is 5. The van der Waals surface area contributed by atoms with Crippen molar-refractivity contribution in [3.05, 3.63) is 65.5 Å². The lowest BCUT2D eigenvalue weighted by atomic mass is 10.0. The molecule has 1 amide bonds. The van der Waals surface area contributed by atoms with E-state index in [4.69, 9.17) is 9.47 Å². The molecule has 2 aromatic rings. The normalized spacial score (nSPS) is 12.8. The zero-order valence-corrected chi connectivity index (χ0v) is 16.8. The standard InChI is InChI=1S/C22H24FNO5/c1-13(2)19(24-21(26)16-5-9-17(23)10-6-16)22(27)29-14(3)20(25)15-7-11-18(28-4)12-8-15/h5-14,19H,1-4H3,(H,24,26)/t14-,19+/m1/s1. The fraction of sp³-hybridized carbons (Fsp3) is 0.318. The molecule has 0 fully saturated rings. The minimum Gasteiger partial charge on any atom is -0.497 e. The summed E-state index contributed by atoms with van der Waals surface area (Å²) in [7, 11) is 1.52. The van der Waals surface area contributed by atoms with Gasteiger partial charge in [-0.2, -0.15) is 0 Å². The Morgan fingerprint density at radius 2 is 1.45 bits per heavy atom. The van der Waals surface area contributed by atoms with E-state index in [1.807, 2.05) is 0 Å². The first-order chi connectivity index (χ1) is 13.7. The van der Waals surface area contributed by atoms with E-state index in [1.54, 1.807) is 38.1 Å². The molecule has 0 spiro atoms. The third-order valence-corrected chi connectivity index (χ3v) is 4.35. The molecule has 6 nitrogen and oxygen atoms in total. The second kappa shape index (κ2) is 9.82. The molecule has 0 aromatic heterocycles. The van der Waals surface area contributed by atoms with Crippen molar-refractivity contribution in [2.75, 3.05) is 7.11 Å². The average Bonchev–Trinajstić information content (AvgIpc) is 2.71. The number of esters is 1. The van der Waals surface area contributed by atoms with E-state index in [2.05, 4.69) is 5.32 Å². The van der Waals surface area contributed by atoms with Crippen LogP contribution in [0.25, 0.3) is 0 Å². The van der Waals surface area contributed by atoms with E-state index >= 15 is 0 Å². The molecule has 0 unspecified atom stereocenters. The Kier molecular flexibility index (Phi) is 7.47. The van der Waals surface area contributed by atoms with Gasteiger partial charge in [0.25, 0.3) is 5.91 Å². The number of nitrogens with one attached hydrogen (secondary N) is 1. The number of ketones is 1. The van der Waals surface area contributed by atoms with Crippen molar-refractivity contribution in [3.8, 4) is 5.75 Å². The summed E-state index contributed by atoms with van der Waals surface area (Å²) >= 11 is 0. The summed E-state index contributed by atoms with van der Waals surface area (Å²) in [4.78, 5) is 37.4. The molecule has 0 radical (unpaired) electrons. The Bertz CT molecular complexity index is 862. The third kappa shape index (κ3) is 5.88. The lowest BCUT2D eigenvalue weighted by Crippen LogP contribution is -2.46. The number of carbonyl (C=O) groups excluding carboxylic acids is 3. The summed E-state index contributed by atoms with van der Waals surface area (Å²) in [5.74, 6) is -1.76. The molecule has 0 saturated carbocycles. The Balaban J connectivity index is 2.04. The van der Waals surface area contributed by atoms with Gasteiger partial charge >= 0.3 is 5.97 Å². The molecule has 0 bridgehead atoms. The van der Waals surface area contributed by atoms with Crippen molar-refractivity contribution in [2.24, 2.45) is 5.92 Å². The van der Waals surface area contributed by atoms with Gasteiger partial charge in [0.2, 0.25) is 5.78 Å². The number of halogens is 1. The summed E-state index contributed by atoms with van der Waals surface area (Å²) in [6.45, 7) is 4.96. The summed E-state index contributed by atoms with van der Waals surface area (Å²) in [5, 5.41) is 2.59. The number of amides is 1. The van der Waals surface area contributed by atoms with Crippen LogP contribution in [0.15, 0.2) is 48.5 Å². The fourth-order valence-electron chi connectivity index (χ4n) is 2.61. The number of rotatable bonds is 8. The van der Waals surface area contributed by atoms with Crippen molar-refractivity contribution >= 4 is 17.7 Å². The molecule has 154 valence electrons. The first-order valence-electron chi connectivity index (χ1n) is 9.18. The molecule has 29 heavy (non-hydrogen) atoms. The molecule has 2 rings (SSSR count). The minimum absolute atomic E-state index is 0.215. The van der Waals surface area contributed by atoms with Gasteiger partial charge < -0.3 is 14.8 Å². The van der Waals surface area contributed by atoms with Gasteiger partial charge in [-0.05, 0) is 61.4 Å². The Morgan fingerprint density at radius 3 is 1.97 bits per heavy atom. The predicted octanol–water partition coefficient (Wildman–Crippen LogP) is 3.40. The zero-order valence-electron chi connectivity index (χ0n) is 16.8. The number of benzene rings is 2. The van der Waals surface area contributed by atoms with Gasteiger partial charge in [0.1, 0.15) is 17.6 Å². The smallest absolute Gasteiger partial charge is 0.329 e. The molecule has 7 heteroatoms. The maximum Gasteiger partial charge on any atom is 0.329 e. The Morgan fingerprint density at radius 1 is 0.897 bits per heavy atom. The first kappa shape index (κ1) is 22.1. The van der Waals surface area contributed by atoms with Crippen LogP contribution in [-0.4, -0.2) is 36.9 Å². The van der Waals surface area contributed by atoms with Crippen molar-refractivity contribution in [3.63, 3.8) is 0 Å². The SMILES string of the molecule is COc1ccc(C(=O)[C@@H](C)OC(=O)[C@@H](NC(=O)c2ccc(F)cc2)C(C)C)cc1.